The van der Waals surface area contributed by atoms with Crippen LogP contribution in [0.4, 0.5) is 4.79 Å². The molecule has 0 bridgehead atoms. The molecule has 140 valence electrons. The van der Waals surface area contributed by atoms with Gasteiger partial charge in [0, 0.05) is 52.9 Å². The molecule has 2 heterocycles. The smallest absolute Gasteiger partial charge is 0.319 e. The fourth-order valence-electron chi connectivity index (χ4n) is 3.01. The number of benzene rings is 1. The van der Waals surface area contributed by atoms with Crippen LogP contribution in [0.3, 0.4) is 0 Å². The van der Waals surface area contributed by atoms with E-state index in [1.54, 1.807) is 19.0 Å². The summed E-state index contributed by atoms with van der Waals surface area (Å²) in [4.78, 5) is 17.8. The number of rotatable bonds is 3. The minimum atomic E-state index is 0.0557. The molecule has 2 aromatic rings. The lowest BCUT2D eigenvalue weighted by Crippen LogP contribution is -2.51. The van der Waals surface area contributed by atoms with E-state index in [1.807, 2.05) is 45.5 Å². The van der Waals surface area contributed by atoms with E-state index in [0.717, 1.165) is 24.5 Å². The molecule has 3 rings (SSSR count). The third-order valence-corrected chi connectivity index (χ3v) is 5.33. The van der Waals surface area contributed by atoms with Crippen LogP contribution in [-0.2, 0) is 13.7 Å². The molecule has 1 fully saturated rings. The van der Waals surface area contributed by atoms with Gasteiger partial charge in [0.15, 0.2) is 10.6 Å². The number of piperazine rings is 1. The molecule has 0 saturated carbocycles. The summed E-state index contributed by atoms with van der Waals surface area (Å²) in [7, 11) is 5.45. The highest BCUT2D eigenvalue weighted by Crippen LogP contribution is 2.26. The van der Waals surface area contributed by atoms with Gasteiger partial charge >= 0.3 is 6.03 Å². The van der Waals surface area contributed by atoms with Gasteiger partial charge < -0.3 is 14.4 Å². The number of urea groups is 1. The van der Waals surface area contributed by atoms with E-state index in [9.17, 15) is 4.79 Å². The SMILES string of the molecule is CN(C)C(=O)N1CCN(Cn2nc(-c3ccccc3Cl)n(C)c2=S)CC1. The molecule has 0 spiro atoms. The Hall–Kier alpha value is -1.90. The van der Waals surface area contributed by atoms with Crippen molar-refractivity contribution in [2.24, 2.45) is 7.05 Å². The van der Waals surface area contributed by atoms with Crippen LogP contribution in [0.2, 0.25) is 5.02 Å². The molecule has 0 atom stereocenters. The van der Waals surface area contributed by atoms with Gasteiger partial charge in [-0.05, 0) is 24.4 Å². The van der Waals surface area contributed by atoms with E-state index in [2.05, 4.69) is 10.00 Å². The van der Waals surface area contributed by atoms with E-state index in [0.29, 0.717) is 29.6 Å². The molecule has 1 saturated heterocycles. The van der Waals surface area contributed by atoms with Crippen molar-refractivity contribution in [2.75, 3.05) is 40.3 Å². The molecule has 26 heavy (non-hydrogen) atoms. The molecular formula is C17H23ClN6OS. The zero-order chi connectivity index (χ0) is 18.8. The van der Waals surface area contributed by atoms with Gasteiger partial charge in [-0.2, -0.15) is 5.10 Å². The van der Waals surface area contributed by atoms with E-state index in [1.165, 1.54) is 0 Å². The topological polar surface area (TPSA) is 49.5 Å². The number of nitrogens with zero attached hydrogens (tertiary/aromatic N) is 6. The van der Waals surface area contributed by atoms with Crippen LogP contribution >= 0.6 is 23.8 Å². The van der Waals surface area contributed by atoms with Gasteiger partial charge in [-0.3, -0.25) is 4.90 Å². The van der Waals surface area contributed by atoms with Gasteiger partial charge in [0.25, 0.3) is 0 Å². The van der Waals surface area contributed by atoms with E-state index in [4.69, 9.17) is 23.8 Å². The maximum Gasteiger partial charge on any atom is 0.319 e. The zero-order valence-corrected chi connectivity index (χ0v) is 16.8. The summed E-state index contributed by atoms with van der Waals surface area (Å²) in [6.45, 7) is 3.59. The molecule has 0 radical (unpaired) electrons. The molecule has 0 N–H and O–H groups in total. The Bertz CT molecular complexity index is 853. The van der Waals surface area contributed by atoms with E-state index < -0.39 is 0 Å². The fraction of sp³-hybridized carbons (Fsp3) is 0.471. The molecule has 0 aliphatic carbocycles. The first-order valence-corrected chi connectivity index (χ1v) is 9.24. The first kappa shape index (κ1) is 18.9. The Morgan fingerprint density at radius 1 is 1.23 bits per heavy atom. The van der Waals surface area contributed by atoms with Crippen LogP contribution in [0.15, 0.2) is 24.3 Å². The number of amides is 2. The number of hydrogen-bond donors (Lipinski definition) is 0. The van der Waals surface area contributed by atoms with Gasteiger partial charge in [0.05, 0.1) is 11.7 Å². The average Bonchev–Trinajstić information content (AvgIpc) is 2.90. The van der Waals surface area contributed by atoms with Gasteiger partial charge in [-0.1, -0.05) is 23.7 Å². The maximum absolute atomic E-state index is 12.0. The van der Waals surface area contributed by atoms with Crippen LogP contribution in [-0.4, -0.2) is 75.4 Å². The molecule has 1 aromatic heterocycles. The lowest BCUT2D eigenvalue weighted by atomic mass is 10.2. The molecule has 7 nitrogen and oxygen atoms in total. The number of carbonyl (C=O) groups excluding carboxylic acids is 1. The minimum Gasteiger partial charge on any atom is -0.331 e. The Labute approximate surface area is 163 Å². The van der Waals surface area contributed by atoms with Gasteiger partial charge in [0.2, 0.25) is 0 Å². The summed E-state index contributed by atoms with van der Waals surface area (Å²) < 4.78 is 4.34. The first-order chi connectivity index (χ1) is 12.4. The number of carbonyl (C=O) groups is 1. The van der Waals surface area contributed by atoms with Crippen molar-refractivity contribution >= 4 is 29.8 Å². The molecule has 1 aliphatic heterocycles. The van der Waals surface area contributed by atoms with Crippen molar-refractivity contribution in [2.45, 2.75) is 6.67 Å². The number of hydrogen-bond acceptors (Lipinski definition) is 4. The normalized spacial score (nSPS) is 15.3. The standard InChI is InChI=1S/C17H23ClN6OS/c1-20(2)16(25)23-10-8-22(9-11-23)12-24-17(26)21(3)15(19-24)13-6-4-5-7-14(13)18/h4-7H,8-12H2,1-3H3. The summed E-state index contributed by atoms with van der Waals surface area (Å²) in [5.41, 5.74) is 0.864. The molecule has 2 amide bonds. The highest BCUT2D eigenvalue weighted by Gasteiger charge is 2.23. The lowest BCUT2D eigenvalue weighted by molar-refractivity contribution is 0.103. The number of halogens is 1. The van der Waals surface area contributed by atoms with Crippen LogP contribution in [0.25, 0.3) is 11.4 Å². The quantitative estimate of drug-likeness (QED) is 0.750. The maximum atomic E-state index is 12.0. The molecular weight excluding hydrogens is 372 g/mol. The summed E-state index contributed by atoms with van der Waals surface area (Å²) >= 11 is 11.9. The summed E-state index contributed by atoms with van der Waals surface area (Å²) in [5.74, 6) is 0.752. The summed E-state index contributed by atoms with van der Waals surface area (Å²) in [6.07, 6.45) is 0. The summed E-state index contributed by atoms with van der Waals surface area (Å²) in [6, 6.07) is 7.67. The number of aromatic nitrogens is 3. The Balaban J connectivity index is 1.72. The minimum absolute atomic E-state index is 0.0557. The Morgan fingerprint density at radius 2 is 1.88 bits per heavy atom. The van der Waals surface area contributed by atoms with Gasteiger partial charge in [-0.15, -0.1) is 0 Å². The third kappa shape index (κ3) is 3.77. The zero-order valence-electron chi connectivity index (χ0n) is 15.2. The van der Waals surface area contributed by atoms with Crippen LogP contribution in [0, 0.1) is 4.77 Å². The van der Waals surface area contributed by atoms with Crippen LogP contribution < -0.4 is 0 Å². The van der Waals surface area contributed by atoms with Gasteiger partial charge in [-0.25, -0.2) is 9.48 Å². The van der Waals surface area contributed by atoms with Crippen molar-refractivity contribution in [1.82, 2.24) is 29.0 Å². The highest BCUT2D eigenvalue weighted by atomic mass is 35.5. The third-order valence-electron chi connectivity index (χ3n) is 4.51. The second kappa shape index (κ2) is 7.77. The fourth-order valence-corrected chi connectivity index (χ4v) is 3.42. The molecule has 1 aliphatic rings. The van der Waals surface area contributed by atoms with Crippen molar-refractivity contribution in [3.8, 4) is 11.4 Å². The summed E-state index contributed by atoms with van der Waals surface area (Å²) in [5, 5.41) is 5.33. The second-order valence-electron chi connectivity index (χ2n) is 6.57. The second-order valence-corrected chi connectivity index (χ2v) is 7.34. The largest absolute Gasteiger partial charge is 0.331 e. The van der Waals surface area contributed by atoms with E-state index in [-0.39, 0.29) is 6.03 Å². The first-order valence-electron chi connectivity index (χ1n) is 8.46. The Morgan fingerprint density at radius 3 is 2.50 bits per heavy atom. The average molecular weight is 395 g/mol. The van der Waals surface area contributed by atoms with Crippen molar-refractivity contribution in [3.05, 3.63) is 34.1 Å². The lowest BCUT2D eigenvalue weighted by Gasteiger charge is -2.35. The monoisotopic (exact) mass is 394 g/mol. The van der Waals surface area contributed by atoms with Gasteiger partial charge in [0.1, 0.15) is 0 Å². The highest BCUT2D eigenvalue weighted by molar-refractivity contribution is 7.71. The van der Waals surface area contributed by atoms with Crippen molar-refractivity contribution in [1.29, 1.82) is 0 Å². The van der Waals surface area contributed by atoms with Crippen molar-refractivity contribution < 1.29 is 4.79 Å². The predicted octanol–water partition coefficient (Wildman–Crippen LogP) is 2.53. The van der Waals surface area contributed by atoms with Crippen LogP contribution in [0.5, 0.6) is 0 Å². The molecule has 1 aromatic carbocycles. The van der Waals surface area contributed by atoms with E-state index >= 15 is 0 Å². The van der Waals surface area contributed by atoms with Crippen LogP contribution in [0.1, 0.15) is 0 Å². The molecule has 0 unspecified atom stereocenters. The Kier molecular flexibility index (Phi) is 5.64. The van der Waals surface area contributed by atoms with Crippen molar-refractivity contribution in [3.63, 3.8) is 0 Å². The predicted molar refractivity (Wildman–Crippen MR) is 105 cm³/mol. The molecule has 9 heteroatoms.